The van der Waals surface area contributed by atoms with E-state index in [-0.39, 0.29) is 0 Å². The van der Waals surface area contributed by atoms with Crippen LogP contribution in [0.2, 0.25) is 0 Å². The molecule has 6 heteroatoms. The van der Waals surface area contributed by atoms with E-state index in [0.717, 1.165) is 28.7 Å². The minimum absolute atomic E-state index is 0.306. The van der Waals surface area contributed by atoms with Gasteiger partial charge in [-0.2, -0.15) is 10.5 Å². The quantitative estimate of drug-likeness (QED) is 0.594. The summed E-state index contributed by atoms with van der Waals surface area (Å²) in [4.78, 5) is 9.18. The molecule has 0 bridgehead atoms. The van der Waals surface area contributed by atoms with E-state index in [2.05, 4.69) is 20.0 Å². The zero-order valence-corrected chi connectivity index (χ0v) is 15.9. The van der Waals surface area contributed by atoms with Crippen molar-refractivity contribution in [1.29, 1.82) is 10.5 Å². The van der Waals surface area contributed by atoms with Crippen molar-refractivity contribution in [3.8, 4) is 12.1 Å². The summed E-state index contributed by atoms with van der Waals surface area (Å²) in [6, 6.07) is 19.3. The molecular weight excluding hydrogens is 340 g/mol. The lowest BCUT2D eigenvalue weighted by Gasteiger charge is -2.03. The highest BCUT2D eigenvalue weighted by Crippen LogP contribution is 2.11. The van der Waals surface area contributed by atoms with Gasteiger partial charge in [0, 0.05) is 11.1 Å². The van der Waals surface area contributed by atoms with Crippen LogP contribution < -0.4 is 0 Å². The number of oxime groups is 2. The highest BCUT2D eigenvalue weighted by Gasteiger charge is 2.07. The van der Waals surface area contributed by atoms with Crippen molar-refractivity contribution >= 4 is 11.4 Å². The third kappa shape index (κ3) is 6.30. The van der Waals surface area contributed by atoms with Gasteiger partial charge in [0.1, 0.15) is 26.4 Å². The Bertz CT molecular complexity index is 890. The summed E-state index contributed by atoms with van der Waals surface area (Å²) in [5, 5.41) is 25.0. The fourth-order valence-corrected chi connectivity index (χ4v) is 2.34. The Labute approximate surface area is 159 Å². The van der Waals surface area contributed by atoms with Gasteiger partial charge in [0.15, 0.2) is 11.4 Å². The molecule has 0 spiro atoms. The number of benzene rings is 2. The van der Waals surface area contributed by atoms with E-state index < -0.39 is 0 Å². The lowest BCUT2D eigenvalue weighted by Crippen LogP contribution is -2.02. The Kier molecular flexibility index (Phi) is 9.38. The molecule has 0 aliphatic rings. The molecule has 0 aliphatic heterocycles. The molecule has 0 saturated carbocycles. The summed E-state index contributed by atoms with van der Waals surface area (Å²) in [6.45, 7) is 3.97. The van der Waals surface area contributed by atoms with Gasteiger partial charge in [0.05, 0.1) is 0 Å². The second-order valence-corrected chi connectivity index (χ2v) is 5.29. The maximum atomic E-state index is 8.87. The van der Waals surface area contributed by atoms with Crippen LogP contribution in [0.15, 0.2) is 58.8 Å². The van der Waals surface area contributed by atoms with Crippen molar-refractivity contribution in [2.75, 3.05) is 14.2 Å². The van der Waals surface area contributed by atoms with Gasteiger partial charge in [-0.05, 0) is 24.5 Å². The minimum Gasteiger partial charge on any atom is -0.398 e. The number of nitrogens with zero attached hydrogens (tertiary/aromatic N) is 4. The molecule has 0 unspecified atom stereocenters. The Hall–Kier alpha value is -3.64. The van der Waals surface area contributed by atoms with Gasteiger partial charge < -0.3 is 9.68 Å². The van der Waals surface area contributed by atoms with E-state index in [4.69, 9.17) is 10.5 Å². The van der Waals surface area contributed by atoms with Crippen molar-refractivity contribution < 1.29 is 9.68 Å². The summed E-state index contributed by atoms with van der Waals surface area (Å²) < 4.78 is 0. The summed E-state index contributed by atoms with van der Waals surface area (Å²) in [6.07, 6.45) is 0.876. The Morgan fingerprint density at radius 1 is 0.852 bits per heavy atom. The average molecular weight is 362 g/mol. The molecule has 2 aromatic carbocycles. The summed E-state index contributed by atoms with van der Waals surface area (Å²) in [5.41, 5.74) is 4.40. The molecule has 0 amide bonds. The molecule has 0 radical (unpaired) electrons. The second kappa shape index (κ2) is 11.8. The fourth-order valence-electron chi connectivity index (χ4n) is 2.34. The van der Waals surface area contributed by atoms with Crippen LogP contribution in [0.4, 0.5) is 0 Å². The lowest BCUT2D eigenvalue weighted by molar-refractivity contribution is 0.214. The van der Waals surface area contributed by atoms with Crippen molar-refractivity contribution in [1.82, 2.24) is 0 Å². The fraction of sp³-hybridized carbons (Fsp3) is 0.238. The second-order valence-electron chi connectivity index (χ2n) is 5.29. The van der Waals surface area contributed by atoms with E-state index in [1.165, 1.54) is 14.2 Å². The highest BCUT2D eigenvalue weighted by molar-refractivity contribution is 6.12. The largest absolute Gasteiger partial charge is 0.398 e. The van der Waals surface area contributed by atoms with E-state index in [1.807, 2.05) is 74.5 Å². The van der Waals surface area contributed by atoms with Crippen LogP contribution in [0, 0.1) is 29.6 Å². The van der Waals surface area contributed by atoms with Gasteiger partial charge in [0.2, 0.25) is 0 Å². The monoisotopic (exact) mass is 362 g/mol. The predicted octanol–water partition coefficient (Wildman–Crippen LogP) is 3.99. The Balaban J connectivity index is 0.000000271. The van der Waals surface area contributed by atoms with Gasteiger partial charge in [-0.25, -0.2) is 0 Å². The lowest BCUT2D eigenvalue weighted by atomic mass is 10.0. The van der Waals surface area contributed by atoms with Gasteiger partial charge in [-0.15, -0.1) is 0 Å². The van der Waals surface area contributed by atoms with Crippen molar-refractivity contribution in [3.05, 3.63) is 70.8 Å². The van der Waals surface area contributed by atoms with Gasteiger partial charge in [-0.3, -0.25) is 0 Å². The molecule has 27 heavy (non-hydrogen) atoms. The van der Waals surface area contributed by atoms with Crippen LogP contribution in [-0.4, -0.2) is 25.6 Å². The molecule has 0 N–H and O–H groups in total. The molecule has 2 aromatic rings. The zero-order chi connectivity index (χ0) is 20.1. The van der Waals surface area contributed by atoms with E-state index in [9.17, 15) is 0 Å². The van der Waals surface area contributed by atoms with Crippen LogP contribution in [0.1, 0.15) is 29.2 Å². The van der Waals surface area contributed by atoms with Crippen molar-refractivity contribution in [3.63, 3.8) is 0 Å². The number of aryl methyl sites for hydroxylation is 2. The molecule has 0 fully saturated rings. The zero-order valence-electron chi connectivity index (χ0n) is 15.9. The average Bonchev–Trinajstić information content (AvgIpc) is 2.71. The third-order valence-electron chi connectivity index (χ3n) is 3.63. The molecule has 138 valence electrons. The Morgan fingerprint density at radius 3 is 1.81 bits per heavy atom. The maximum absolute atomic E-state index is 8.87. The van der Waals surface area contributed by atoms with Crippen molar-refractivity contribution in [2.45, 2.75) is 20.3 Å². The summed E-state index contributed by atoms with van der Waals surface area (Å²) in [5.74, 6) is 0. The number of hydrogen-bond donors (Lipinski definition) is 0. The number of rotatable bonds is 5. The van der Waals surface area contributed by atoms with Crippen LogP contribution in [0.3, 0.4) is 0 Å². The molecule has 6 nitrogen and oxygen atoms in total. The standard InChI is InChI=1S/C11H12N2O.C10H10N2O/c1-3-9-6-4-5-7-10(9)11(8-12)13-14-2;1-8-5-3-4-6-9(8)10(7-11)12-13-2/h4-7H,3H2,1-2H3;3-6H,1-2H3/b13-11+;12-10+. The molecule has 2 rings (SSSR count). The van der Waals surface area contributed by atoms with Crippen LogP contribution in [-0.2, 0) is 16.1 Å². The first kappa shape index (κ1) is 21.4. The highest BCUT2D eigenvalue weighted by atomic mass is 16.6. The van der Waals surface area contributed by atoms with Gasteiger partial charge in [0.25, 0.3) is 0 Å². The molecule has 0 saturated heterocycles. The van der Waals surface area contributed by atoms with E-state index in [1.54, 1.807) is 0 Å². The minimum atomic E-state index is 0.306. The first-order chi connectivity index (χ1) is 13.1. The van der Waals surface area contributed by atoms with Crippen LogP contribution in [0.5, 0.6) is 0 Å². The van der Waals surface area contributed by atoms with Crippen LogP contribution >= 0.6 is 0 Å². The molecule has 0 aromatic heterocycles. The molecule has 0 heterocycles. The van der Waals surface area contributed by atoms with Gasteiger partial charge in [-0.1, -0.05) is 65.8 Å². The number of nitriles is 2. The van der Waals surface area contributed by atoms with E-state index in [0.29, 0.717) is 11.4 Å². The first-order valence-corrected chi connectivity index (χ1v) is 8.29. The van der Waals surface area contributed by atoms with Crippen molar-refractivity contribution in [2.24, 2.45) is 10.3 Å². The Morgan fingerprint density at radius 2 is 1.33 bits per heavy atom. The number of hydrogen-bond acceptors (Lipinski definition) is 6. The molecule has 0 aliphatic carbocycles. The summed E-state index contributed by atoms with van der Waals surface area (Å²) >= 11 is 0. The van der Waals surface area contributed by atoms with Gasteiger partial charge >= 0.3 is 0 Å². The third-order valence-corrected chi connectivity index (χ3v) is 3.63. The van der Waals surface area contributed by atoms with Crippen LogP contribution in [0.25, 0.3) is 0 Å². The molecule has 0 atom stereocenters. The summed E-state index contributed by atoms with van der Waals surface area (Å²) in [7, 11) is 2.86. The smallest absolute Gasteiger partial charge is 0.187 e. The topological polar surface area (TPSA) is 90.8 Å². The SMILES string of the molecule is CCc1ccccc1/C(C#N)=N/OC.CO/N=C(\C#N)c1ccccc1C. The normalized spacial score (nSPS) is 10.7. The maximum Gasteiger partial charge on any atom is 0.187 e. The van der Waals surface area contributed by atoms with E-state index >= 15 is 0 Å². The first-order valence-electron chi connectivity index (χ1n) is 8.29. The molecular formula is C21H22N4O2. The predicted molar refractivity (Wildman–Crippen MR) is 105 cm³/mol.